The van der Waals surface area contributed by atoms with Crippen molar-refractivity contribution in [3.05, 3.63) is 70.5 Å². The van der Waals surface area contributed by atoms with Crippen LogP contribution in [0.4, 0.5) is 4.39 Å². The van der Waals surface area contributed by atoms with Crippen molar-refractivity contribution in [2.45, 2.75) is 13.0 Å². The molecule has 0 N–H and O–H groups in total. The molecular formula is C19H20ClFN2O. The lowest BCUT2D eigenvalue weighted by molar-refractivity contribution is 0.0761. The van der Waals surface area contributed by atoms with E-state index in [1.54, 1.807) is 12.1 Å². The largest absolute Gasteiger partial charge is 0.337 e. The van der Waals surface area contributed by atoms with Gasteiger partial charge in [-0.2, -0.15) is 0 Å². The van der Waals surface area contributed by atoms with Crippen LogP contribution >= 0.6 is 11.6 Å². The predicted octanol–water partition coefficient (Wildman–Crippen LogP) is 3.83. The smallest absolute Gasteiger partial charge is 0.253 e. The summed E-state index contributed by atoms with van der Waals surface area (Å²) in [4.78, 5) is 16.7. The Kier molecular flexibility index (Phi) is 5.48. The fraction of sp³-hybridized carbons (Fsp3) is 0.316. The lowest BCUT2D eigenvalue weighted by Gasteiger charge is -2.22. The third kappa shape index (κ3) is 4.34. The van der Waals surface area contributed by atoms with Crippen LogP contribution in [-0.4, -0.2) is 41.9 Å². The van der Waals surface area contributed by atoms with Gasteiger partial charge in [0, 0.05) is 43.3 Å². The number of benzene rings is 2. The summed E-state index contributed by atoms with van der Waals surface area (Å²) in [6.45, 7) is 4.00. The molecule has 0 radical (unpaired) electrons. The Hall–Kier alpha value is -1.91. The van der Waals surface area contributed by atoms with Gasteiger partial charge in [0.05, 0.1) is 0 Å². The Morgan fingerprint density at radius 1 is 1.04 bits per heavy atom. The van der Waals surface area contributed by atoms with Crippen molar-refractivity contribution in [2.24, 2.45) is 0 Å². The van der Waals surface area contributed by atoms with E-state index in [-0.39, 0.29) is 11.7 Å². The van der Waals surface area contributed by atoms with Crippen LogP contribution in [-0.2, 0) is 6.54 Å². The van der Waals surface area contributed by atoms with E-state index in [0.717, 1.165) is 37.6 Å². The Balaban J connectivity index is 1.60. The fourth-order valence-corrected chi connectivity index (χ4v) is 3.21. The highest BCUT2D eigenvalue weighted by Crippen LogP contribution is 2.15. The quantitative estimate of drug-likeness (QED) is 0.843. The Morgan fingerprint density at radius 3 is 2.58 bits per heavy atom. The van der Waals surface area contributed by atoms with Crippen LogP contribution < -0.4 is 0 Å². The van der Waals surface area contributed by atoms with Crippen LogP contribution in [0.1, 0.15) is 22.3 Å². The van der Waals surface area contributed by atoms with Crippen LogP contribution in [0.15, 0.2) is 48.5 Å². The molecule has 1 aliphatic heterocycles. The summed E-state index contributed by atoms with van der Waals surface area (Å²) < 4.78 is 13.0. The summed E-state index contributed by atoms with van der Waals surface area (Å²) in [6.07, 6.45) is 0.924. The minimum Gasteiger partial charge on any atom is -0.337 e. The molecule has 2 aromatic rings. The average molecular weight is 347 g/mol. The van der Waals surface area contributed by atoms with E-state index in [2.05, 4.69) is 11.0 Å². The topological polar surface area (TPSA) is 23.6 Å². The Morgan fingerprint density at radius 2 is 1.83 bits per heavy atom. The molecule has 1 fully saturated rings. The molecule has 1 heterocycles. The SMILES string of the molecule is O=C(c1ccc(F)cc1)N1CCCN(Cc2cccc(Cl)c2)CC1. The number of carbonyl (C=O) groups excluding carboxylic acids is 1. The van der Waals surface area contributed by atoms with E-state index in [1.807, 2.05) is 23.1 Å². The molecule has 126 valence electrons. The Bertz CT molecular complexity index is 705. The van der Waals surface area contributed by atoms with Gasteiger partial charge in [-0.05, 0) is 48.4 Å². The van der Waals surface area contributed by atoms with Gasteiger partial charge in [0.1, 0.15) is 5.82 Å². The summed E-state index contributed by atoms with van der Waals surface area (Å²) >= 11 is 6.04. The molecule has 3 nitrogen and oxygen atoms in total. The number of halogens is 2. The average Bonchev–Trinajstić information content (AvgIpc) is 2.81. The van der Waals surface area contributed by atoms with E-state index in [9.17, 15) is 9.18 Å². The first kappa shape index (κ1) is 16.9. The second kappa shape index (κ2) is 7.77. The molecule has 3 rings (SSSR count). The third-order valence-corrected chi connectivity index (χ3v) is 4.50. The number of carbonyl (C=O) groups is 1. The van der Waals surface area contributed by atoms with E-state index in [0.29, 0.717) is 12.1 Å². The van der Waals surface area contributed by atoms with Gasteiger partial charge in [-0.25, -0.2) is 4.39 Å². The zero-order chi connectivity index (χ0) is 16.9. The molecule has 2 aromatic carbocycles. The van der Waals surface area contributed by atoms with E-state index < -0.39 is 0 Å². The van der Waals surface area contributed by atoms with Crippen LogP contribution in [0.5, 0.6) is 0 Å². The molecule has 24 heavy (non-hydrogen) atoms. The maximum absolute atomic E-state index is 13.0. The van der Waals surface area contributed by atoms with Gasteiger partial charge in [-0.3, -0.25) is 9.69 Å². The number of hydrogen-bond donors (Lipinski definition) is 0. The minimum absolute atomic E-state index is 0.0281. The first-order valence-electron chi connectivity index (χ1n) is 8.13. The highest BCUT2D eigenvalue weighted by molar-refractivity contribution is 6.30. The Labute approximate surface area is 146 Å². The third-order valence-electron chi connectivity index (χ3n) is 4.26. The maximum atomic E-state index is 13.0. The van der Waals surface area contributed by atoms with E-state index in [1.165, 1.54) is 17.7 Å². The van der Waals surface area contributed by atoms with Crippen molar-refractivity contribution in [2.75, 3.05) is 26.2 Å². The molecule has 0 spiro atoms. The number of hydrogen-bond acceptors (Lipinski definition) is 2. The summed E-state index contributed by atoms with van der Waals surface area (Å²) in [7, 11) is 0. The lowest BCUT2D eigenvalue weighted by atomic mass is 10.2. The molecule has 5 heteroatoms. The predicted molar refractivity (Wildman–Crippen MR) is 93.6 cm³/mol. The maximum Gasteiger partial charge on any atom is 0.253 e. The molecular weight excluding hydrogens is 327 g/mol. The van der Waals surface area contributed by atoms with Gasteiger partial charge in [0.2, 0.25) is 0 Å². The second-order valence-corrected chi connectivity index (χ2v) is 6.50. The van der Waals surface area contributed by atoms with Gasteiger partial charge < -0.3 is 4.90 Å². The molecule has 0 unspecified atom stereocenters. The minimum atomic E-state index is -0.324. The van der Waals surface area contributed by atoms with Crippen molar-refractivity contribution in [3.63, 3.8) is 0 Å². The summed E-state index contributed by atoms with van der Waals surface area (Å²) in [5.41, 5.74) is 1.72. The van der Waals surface area contributed by atoms with E-state index in [4.69, 9.17) is 11.6 Å². The molecule has 0 atom stereocenters. The zero-order valence-corrected chi connectivity index (χ0v) is 14.2. The highest BCUT2D eigenvalue weighted by Gasteiger charge is 2.20. The molecule has 0 saturated carbocycles. The van der Waals surface area contributed by atoms with Crippen LogP contribution in [0.2, 0.25) is 5.02 Å². The van der Waals surface area contributed by atoms with Crippen molar-refractivity contribution in [1.82, 2.24) is 9.80 Å². The summed E-state index contributed by atoms with van der Waals surface area (Å²) in [5.74, 6) is -0.352. The number of nitrogens with zero attached hydrogens (tertiary/aromatic N) is 2. The first-order chi connectivity index (χ1) is 11.6. The fourth-order valence-electron chi connectivity index (χ4n) is 3.00. The highest BCUT2D eigenvalue weighted by atomic mass is 35.5. The molecule has 0 aromatic heterocycles. The molecule has 1 saturated heterocycles. The van der Waals surface area contributed by atoms with Gasteiger partial charge >= 0.3 is 0 Å². The van der Waals surface area contributed by atoms with Crippen LogP contribution in [0, 0.1) is 5.82 Å². The first-order valence-corrected chi connectivity index (χ1v) is 8.51. The summed E-state index contributed by atoms with van der Waals surface area (Å²) in [5, 5.41) is 0.746. The summed E-state index contributed by atoms with van der Waals surface area (Å²) in [6, 6.07) is 13.6. The van der Waals surface area contributed by atoms with Crippen molar-refractivity contribution >= 4 is 17.5 Å². The van der Waals surface area contributed by atoms with Crippen molar-refractivity contribution < 1.29 is 9.18 Å². The van der Waals surface area contributed by atoms with Gasteiger partial charge in [-0.1, -0.05) is 23.7 Å². The number of rotatable bonds is 3. The van der Waals surface area contributed by atoms with Gasteiger partial charge in [-0.15, -0.1) is 0 Å². The van der Waals surface area contributed by atoms with Crippen molar-refractivity contribution in [1.29, 1.82) is 0 Å². The van der Waals surface area contributed by atoms with Gasteiger partial charge in [0.15, 0.2) is 0 Å². The normalized spacial score (nSPS) is 16.0. The second-order valence-electron chi connectivity index (χ2n) is 6.06. The van der Waals surface area contributed by atoms with Crippen molar-refractivity contribution in [3.8, 4) is 0 Å². The monoisotopic (exact) mass is 346 g/mol. The van der Waals surface area contributed by atoms with Gasteiger partial charge in [0.25, 0.3) is 5.91 Å². The zero-order valence-electron chi connectivity index (χ0n) is 13.4. The molecule has 1 amide bonds. The number of amides is 1. The van der Waals surface area contributed by atoms with E-state index >= 15 is 0 Å². The lowest BCUT2D eigenvalue weighted by Crippen LogP contribution is -2.35. The van der Waals surface area contributed by atoms with Crippen LogP contribution in [0.25, 0.3) is 0 Å². The molecule has 0 bridgehead atoms. The molecule has 0 aliphatic carbocycles. The molecule has 1 aliphatic rings. The standard InChI is InChI=1S/C19H20ClFN2O/c20-17-4-1-3-15(13-17)14-22-9-2-10-23(12-11-22)19(24)16-5-7-18(21)8-6-16/h1,3-8,13H,2,9-12,14H2. The van der Waals surface area contributed by atoms with Crippen LogP contribution in [0.3, 0.4) is 0 Å².